The van der Waals surface area contributed by atoms with Crippen LogP contribution in [0.1, 0.15) is 23.2 Å². The molecule has 0 aliphatic rings. The lowest BCUT2D eigenvalue weighted by atomic mass is 10.1. The second-order valence-electron chi connectivity index (χ2n) is 3.02. The lowest BCUT2D eigenvalue weighted by molar-refractivity contribution is -0.139. The molecule has 1 heterocycles. The van der Waals surface area contributed by atoms with E-state index in [9.17, 15) is 13.6 Å². The quantitative estimate of drug-likeness (QED) is 0.804. The molecule has 0 saturated carbocycles. The number of nitriles is 1. The zero-order valence-corrected chi connectivity index (χ0v) is 10.3. The van der Waals surface area contributed by atoms with Crippen molar-refractivity contribution in [2.45, 2.75) is 12.8 Å². The molecular weight excluding hydrogens is 298 g/mol. The zero-order valence-electron chi connectivity index (χ0n) is 8.71. The lowest BCUT2D eigenvalue weighted by Gasteiger charge is -2.10. The highest BCUT2D eigenvalue weighted by Crippen LogP contribution is 2.30. The van der Waals surface area contributed by atoms with E-state index >= 15 is 0 Å². The summed E-state index contributed by atoms with van der Waals surface area (Å²) < 4.78 is 29.9. The van der Waals surface area contributed by atoms with Crippen molar-refractivity contribution in [2.24, 2.45) is 0 Å². The highest BCUT2D eigenvalue weighted by Gasteiger charge is 2.21. The number of pyridine rings is 1. The number of methoxy groups -OCH3 is 1. The molecule has 0 saturated heterocycles. The molecule has 1 rings (SSSR count). The van der Waals surface area contributed by atoms with E-state index in [2.05, 4.69) is 25.7 Å². The van der Waals surface area contributed by atoms with Crippen LogP contribution in [0.5, 0.6) is 0 Å². The predicted molar refractivity (Wildman–Crippen MR) is 57.3 cm³/mol. The minimum absolute atomic E-state index is 0.0263. The third kappa shape index (κ3) is 2.97. The van der Waals surface area contributed by atoms with Crippen LogP contribution >= 0.6 is 15.9 Å². The van der Waals surface area contributed by atoms with Crippen molar-refractivity contribution in [3.8, 4) is 6.07 Å². The topological polar surface area (TPSA) is 63.0 Å². The molecule has 1 aromatic rings. The average molecular weight is 305 g/mol. The maximum Gasteiger partial charge on any atom is 0.310 e. The van der Waals surface area contributed by atoms with Gasteiger partial charge in [-0.3, -0.25) is 4.79 Å². The number of halogens is 3. The highest BCUT2D eigenvalue weighted by molar-refractivity contribution is 9.10. The fourth-order valence-corrected chi connectivity index (χ4v) is 1.76. The number of rotatable bonds is 3. The fraction of sp³-hybridized carbons (Fsp3) is 0.300. The van der Waals surface area contributed by atoms with Crippen LogP contribution in [0.15, 0.2) is 10.7 Å². The number of hydrogen-bond acceptors (Lipinski definition) is 4. The number of alkyl halides is 2. The minimum atomic E-state index is -2.77. The SMILES string of the molecule is COC(=O)Cc1c(C(F)F)cnc(C#N)c1Br. The molecule has 0 spiro atoms. The van der Waals surface area contributed by atoms with Crippen molar-refractivity contribution >= 4 is 21.9 Å². The van der Waals surface area contributed by atoms with Crippen molar-refractivity contribution in [1.82, 2.24) is 4.98 Å². The summed E-state index contributed by atoms with van der Waals surface area (Å²) in [6, 6.07) is 1.74. The van der Waals surface area contributed by atoms with Gasteiger partial charge in [0.2, 0.25) is 0 Å². The van der Waals surface area contributed by atoms with Gasteiger partial charge in [-0.15, -0.1) is 0 Å². The number of nitrogens with zero attached hydrogens (tertiary/aromatic N) is 2. The minimum Gasteiger partial charge on any atom is -0.469 e. The van der Waals surface area contributed by atoms with Crippen molar-refractivity contribution < 1.29 is 18.3 Å². The molecule has 0 radical (unpaired) electrons. The largest absolute Gasteiger partial charge is 0.469 e. The maximum atomic E-state index is 12.7. The highest BCUT2D eigenvalue weighted by atomic mass is 79.9. The van der Waals surface area contributed by atoms with Gasteiger partial charge in [0.15, 0.2) is 5.69 Å². The predicted octanol–water partition coefficient (Wildman–Crippen LogP) is 2.37. The lowest BCUT2D eigenvalue weighted by Crippen LogP contribution is -2.09. The average Bonchev–Trinajstić information content (AvgIpc) is 2.30. The van der Waals surface area contributed by atoms with Crippen LogP contribution in [0, 0.1) is 11.3 Å². The van der Waals surface area contributed by atoms with Crippen LogP contribution in [-0.4, -0.2) is 18.1 Å². The zero-order chi connectivity index (χ0) is 13.0. The van der Waals surface area contributed by atoms with E-state index in [1.54, 1.807) is 6.07 Å². The number of carbonyl (C=O) groups is 1. The summed E-state index contributed by atoms with van der Waals surface area (Å²) in [7, 11) is 1.16. The number of esters is 1. The Bertz CT molecular complexity index is 486. The van der Waals surface area contributed by atoms with Crippen molar-refractivity contribution in [3.63, 3.8) is 0 Å². The van der Waals surface area contributed by atoms with E-state index < -0.39 is 12.4 Å². The van der Waals surface area contributed by atoms with E-state index in [-0.39, 0.29) is 27.7 Å². The van der Waals surface area contributed by atoms with Crippen LogP contribution in [-0.2, 0) is 16.0 Å². The molecule has 0 aliphatic heterocycles. The molecule has 0 aliphatic carbocycles. The van der Waals surface area contributed by atoms with Gasteiger partial charge in [0.1, 0.15) is 6.07 Å². The van der Waals surface area contributed by atoms with Crippen molar-refractivity contribution in [3.05, 3.63) is 27.5 Å². The van der Waals surface area contributed by atoms with E-state index in [1.165, 1.54) is 0 Å². The molecule has 7 heteroatoms. The van der Waals surface area contributed by atoms with Gasteiger partial charge in [-0.1, -0.05) is 0 Å². The standard InChI is InChI=1S/C10H7BrF2N2O2/c1-17-8(16)2-5-6(10(12)13)4-15-7(3-14)9(5)11/h4,10H,2H2,1H3. The van der Waals surface area contributed by atoms with Gasteiger partial charge in [0.05, 0.1) is 18.0 Å². The van der Waals surface area contributed by atoms with Gasteiger partial charge in [0.25, 0.3) is 6.43 Å². The first kappa shape index (κ1) is 13.5. The number of carbonyl (C=O) groups excluding carboxylic acids is 1. The van der Waals surface area contributed by atoms with Gasteiger partial charge < -0.3 is 4.74 Å². The smallest absolute Gasteiger partial charge is 0.310 e. The van der Waals surface area contributed by atoms with Crippen LogP contribution in [0.2, 0.25) is 0 Å². The van der Waals surface area contributed by atoms with E-state index in [0.717, 1.165) is 13.3 Å². The van der Waals surface area contributed by atoms with Crippen LogP contribution < -0.4 is 0 Å². The van der Waals surface area contributed by atoms with Gasteiger partial charge in [-0.25, -0.2) is 13.8 Å². The first-order chi connectivity index (χ1) is 8.01. The molecule has 0 bridgehead atoms. The summed E-state index contributed by atoms with van der Waals surface area (Å²) in [4.78, 5) is 14.7. The van der Waals surface area contributed by atoms with Gasteiger partial charge in [-0.2, -0.15) is 5.26 Å². The van der Waals surface area contributed by atoms with Gasteiger partial charge in [0, 0.05) is 11.8 Å². The van der Waals surface area contributed by atoms with Crippen LogP contribution in [0.25, 0.3) is 0 Å². The normalized spacial score (nSPS) is 10.1. The summed E-state index contributed by atoms with van der Waals surface area (Å²) in [6.07, 6.45) is -2.22. The summed E-state index contributed by atoms with van der Waals surface area (Å²) in [5.74, 6) is -0.664. The first-order valence-corrected chi connectivity index (χ1v) is 5.22. The molecule has 0 amide bonds. The Labute approximate surface area is 104 Å². The number of aromatic nitrogens is 1. The summed E-state index contributed by atoms with van der Waals surface area (Å²) in [6.45, 7) is 0. The van der Waals surface area contributed by atoms with E-state index in [1.807, 2.05) is 0 Å². The van der Waals surface area contributed by atoms with Gasteiger partial charge >= 0.3 is 5.97 Å². The Morgan fingerprint density at radius 2 is 2.35 bits per heavy atom. The van der Waals surface area contributed by atoms with Crippen molar-refractivity contribution in [1.29, 1.82) is 5.26 Å². The Kier molecular flexibility index (Phi) is 4.52. The van der Waals surface area contributed by atoms with E-state index in [4.69, 9.17) is 5.26 Å². The van der Waals surface area contributed by atoms with Crippen LogP contribution in [0.4, 0.5) is 8.78 Å². The van der Waals surface area contributed by atoms with E-state index in [0.29, 0.717) is 0 Å². The Hall–Kier alpha value is -1.55. The Morgan fingerprint density at radius 1 is 1.71 bits per heavy atom. The van der Waals surface area contributed by atoms with Crippen molar-refractivity contribution in [2.75, 3.05) is 7.11 Å². The molecule has 17 heavy (non-hydrogen) atoms. The molecule has 0 fully saturated rings. The molecule has 4 nitrogen and oxygen atoms in total. The molecule has 0 aromatic carbocycles. The number of hydrogen-bond donors (Lipinski definition) is 0. The monoisotopic (exact) mass is 304 g/mol. The second-order valence-corrected chi connectivity index (χ2v) is 3.81. The molecule has 0 unspecified atom stereocenters. The maximum absolute atomic E-state index is 12.7. The fourth-order valence-electron chi connectivity index (χ4n) is 1.20. The summed E-state index contributed by atoms with van der Waals surface area (Å²) in [5.41, 5.74) is -0.409. The summed E-state index contributed by atoms with van der Waals surface area (Å²) >= 11 is 2.99. The second kappa shape index (κ2) is 5.68. The van der Waals surface area contributed by atoms with Crippen LogP contribution in [0.3, 0.4) is 0 Å². The molecular formula is C10H7BrF2N2O2. The van der Waals surface area contributed by atoms with Gasteiger partial charge in [-0.05, 0) is 21.5 Å². The summed E-state index contributed by atoms with van der Waals surface area (Å²) in [5, 5.41) is 8.72. The molecule has 1 aromatic heterocycles. The molecule has 0 atom stereocenters. The Morgan fingerprint density at radius 3 is 2.82 bits per heavy atom. The molecule has 90 valence electrons. The number of ether oxygens (including phenoxy) is 1. The molecule has 0 N–H and O–H groups in total. The third-order valence-electron chi connectivity index (χ3n) is 2.04. The third-order valence-corrected chi connectivity index (χ3v) is 2.90. The first-order valence-electron chi connectivity index (χ1n) is 4.43. The Balaban J connectivity index is 3.31.